The molecule has 0 aliphatic carbocycles. The van der Waals surface area contributed by atoms with Crippen LogP contribution in [0.15, 0.2) is 42.5 Å². The number of carbonyl (C=O) groups excluding carboxylic acids is 1. The maximum Gasteiger partial charge on any atom is 0.259 e. The Bertz CT molecular complexity index is 1010. The molecule has 6 heteroatoms. The molecule has 3 aromatic rings. The van der Waals surface area contributed by atoms with Crippen LogP contribution in [-0.2, 0) is 11.5 Å². The van der Waals surface area contributed by atoms with E-state index >= 15 is 0 Å². The van der Waals surface area contributed by atoms with Crippen molar-refractivity contribution < 1.29 is 9.18 Å². The van der Waals surface area contributed by atoms with Gasteiger partial charge in [-0.15, -0.1) is 0 Å². The fourth-order valence-corrected chi connectivity index (χ4v) is 4.21. The highest BCUT2D eigenvalue weighted by molar-refractivity contribution is 7.98. The van der Waals surface area contributed by atoms with Gasteiger partial charge in [0.1, 0.15) is 11.6 Å². The monoisotopic (exact) mass is 367 g/mol. The van der Waals surface area contributed by atoms with Gasteiger partial charge in [-0.3, -0.25) is 4.79 Å². The number of nitrogens with one attached hydrogen (secondary N) is 1. The molecule has 1 aliphatic heterocycles. The molecule has 132 valence electrons. The third kappa shape index (κ3) is 2.90. The molecule has 1 amide bonds. The SMILES string of the molecule is Cc1ccc(-n2nc3c(c2NC(=O)c2ccccc2F)CSC3)c(C)c1. The summed E-state index contributed by atoms with van der Waals surface area (Å²) in [6.45, 7) is 4.06. The van der Waals surface area contributed by atoms with Crippen LogP contribution in [0.25, 0.3) is 5.69 Å². The number of hydrogen-bond donors (Lipinski definition) is 1. The van der Waals surface area contributed by atoms with Gasteiger partial charge in [-0.25, -0.2) is 9.07 Å². The summed E-state index contributed by atoms with van der Waals surface area (Å²) in [6.07, 6.45) is 0. The van der Waals surface area contributed by atoms with Gasteiger partial charge < -0.3 is 5.32 Å². The zero-order valence-electron chi connectivity index (χ0n) is 14.5. The van der Waals surface area contributed by atoms with Crippen LogP contribution in [-0.4, -0.2) is 15.7 Å². The van der Waals surface area contributed by atoms with Gasteiger partial charge >= 0.3 is 0 Å². The van der Waals surface area contributed by atoms with Crippen LogP contribution in [0.4, 0.5) is 10.2 Å². The quantitative estimate of drug-likeness (QED) is 0.734. The zero-order valence-corrected chi connectivity index (χ0v) is 15.4. The first kappa shape index (κ1) is 16.8. The van der Waals surface area contributed by atoms with E-state index in [4.69, 9.17) is 5.10 Å². The molecule has 26 heavy (non-hydrogen) atoms. The molecule has 0 unspecified atom stereocenters. The number of rotatable bonds is 3. The number of fused-ring (bicyclic) bond motifs is 1. The molecule has 4 nitrogen and oxygen atoms in total. The molecule has 0 spiro atoms. The molecular formula is C20H18FN3OS. The minimum Gasteiger partial charge on any atom is -0.306 e. The number of nitrogens with zero attached hydrogens (tertiary/aromatic N) is 2. The van der Waals surface area contributed by atoms with Crippen LogP contribution in [0.2, 0.25) is 0 Å². The molecule has 1 N–H and O–H groups in total. The summed E-state index contributed by atoms with van der Waals surface area (Å²) in [6, 6.07) is 12.1. The summed E-state index contributed by atoms with van der Waals surface area (Å²) in [7, 11) is 0. The number of anilines is 1. The number of hydrogen-bond acceptors (Lipinski definition) is 3. The topological polar surface area (TPSA) is 46.9 Å². The van der Waals surface area contributed by atoms with Crippen molar-refractivity contribution >= 4 is 23.5 Å². The van der Waals surface area contributed by atoms with Gasteiger partial charge in [-0.05, 0) is 37.6 Å². The number of benzene rings is 2. The molecule has 1 aromatic heterocycles. The van der Waals surface area contributed by atoms with E-state index in [0.29, 0.717) is 5.82 Å². The van der Waals surface area contributed by atoms with E-state index in [1.54, 1.807) is 28.6 Å². The van der Waals surface area contributed by atoms with Crippen molar-refractivity contribution in [2.45, 2.75) is 25.4 Å². The summed E-state index contributed by atoms with van der Waals surface area (Å²) in [4.78, 5) is 12.7. The lowest BCUT2D eigenvalue weighted by molar-refractivity contribution is 0.102. The summed E-state index contributed by atoms with van der Waals surface area (Å²) in [5, 5.41) is 7.60. The fourth-order valence-electron chi connectivity index (χ4n) is 3.18. The third-order valence-corrected chi connectivity index (χ3v) is 5.45. The molecule has 1 aliphatic rings. The van der Waals surface area contributed by atoms with Gasteiger partial charge in [0.2, 0.25) is 0 Å². The number of aromatic nitrogens is 2. The Balaban J connectivity index is 1.78. The lowest BCUT2D eigenvalue weighted by atomic mass is 10.1. The van der Waals surface area contributed by atoms with E-state index in [2.05, 4.69) is 11.4 Å². The van der Waals surface area contributed by atoms with Gasteiger partial charge in [-0.1, -0.05) is 29.8 Å². The molecular weight excluding hydrogens is 349 g/mol. The highest BCUT2D eigenvalue weighted by Crippen LogP contribution is 2.36. The Morgan fingerprint density at radius 3 is 2.77 bits per heavy atom. The van der Waals surface area contributed by atoms with Crippen molar-refractivity contribution in [1.82, 2.24) is 9.78 Å². The average molecular weight is 367 g/mol. The van der Waals surface area contributed by atoms with E-state index in [-0.39, 0.29) is 5.56 Å². The summed E-state index contributed by atoms with van der Waals surface area (Å²) in [5.74, 6) is 1.23. The first-order chi connectivity index (χ1) is 12.5. The van der Waals surface area contributed by atoms with Crippen molar-refractivity contribution in [1.29, 1.82) is 0 Å². The number of aryl methyl sites for hydroxylation is 2. The average Bonchev–Trinajstić information content (AvgIpc) is 3.18. The predicted octanol–water partition coefficient (Wildman–Crippen LogP) is 4.63. The minimum absolute atomic E-state index is 0.0280. The van der Waals surface area contributed by atoms with E-state index in [0.717, 1.165) is 34.0 Å². The fraction of sp³-hybridized carbons (Fsp3) is 0.200. The molecule has 0 saturated heterocycles. The Labute approximate surface area is 155 Å². The number of thioether (sulfide) groups is 1. The smallest absolute Gasteiger partial charge is 0.259 e. The second-order valence-electron chi connectivity index (χ2n) is 6.40. The van der Waals surface area contributed by atoms with Gasteiger partial charge in [0.05, 0.1) is 16.9 Å². The van der Waals surface area contributed by atoms with Gasteiger partial charge in [0, 0.05) is 17.1 Å². The third-order valence-electron chi connectivity index (χ3n) is 4.48. The van der Waals surface area contributed by atoms with E-state index < -0.39 is 11.7 Å². The van der Waals surface area contributed by atoms with Crippen LogP contribution in [0.5, 0.6) is 0 Å². The Morgan fingerprint density at radius 2 is 2.00 bits per heavy atom. The molecule has 0 radical (unpaired) electrons. The van der Waals surface area contributed by atoms with Crippen LogP contribution in [0, 0.1) is 19.7 Å². The Hall–Kier alpha value is -2.60. The Morgan fingerprint density at radius 1 is 1.19 bits per heavy atom. The molecule has 0 saturated carbocycles. The first-order valence-electron chi connectivity index (χ1n) is 8.36. The lowest BCUT2D eigenvalue weighted by Gasteiger charge is -2.13. The van der Waals surface area contributed by atoms with E-state index in [1.165, 1.54) is 17.7 Å². The van der Waals surface area contributed by atoms with E-state index in [1.807, 2.05) is 26.0 Å². The molecule has 4 rings (SSSR count). The normalized spacial score (nSPS) is 12.9. The van der Waals surface area contributed by atoms with Crippen LogP contribution in [0.1, 0.15) is 32.7 Å². The van der Waals surface area contributed by atoms with Crippen LogP contribution >= 0.6 is 11.8 Å². The summed E-state index contributed by atoms with van der Waals surface area (Å²) < 4.78 is 15.8. The molecule has 0 atom stereocenters. The van der Waals surface area contributed by atoms with Crippen molar-refractivity contribution in [3.63, 3.8) is 0 Å². The lowest BCUT2D eigenvalue weighted by Crippen LogP contribution is -2.17. The van der Waals surface area contributed by atoms with Crippen molar-refractivity contribution in [3.05, 3.63) is 76.2 Å². The van der Waals surface area contributed by atoms with Gasteiger partial charge in [0.15, 0.2) is 0 Å². The maximum atomic E-state index is 14.0. The van der Waals surface area contributed by atoms with Crippen LogP contribution < -0.4 is 5.32 Å². The van der Waals surface area contributed by atoms with Gasteiger partial charge in [-0.2, -0.15) is 16.9 Å². The number of amides is 1. The summed E-state index contributed by atoms with van der Waals surface area (Å²) >= 11 is 1.76. The zero-order chi connectivity index (χ0) is 18.3. The summed E-state index contributed by atoms with van der Waals surface area (Å²) in [5.41, 5.74) is 5.16. The molecule has 0 bridgehead atoms. The molecule has 0 fully saturated rings. The van der Waals surface area contributed by atoms with Crippen molar-refractivity contribution in [2.24, 2.45) is 0 Å². The number of halogens is 1. The van der Waals surface area contributed by atoms with Crippen LogP contribution in [0.3, 0.4) is 0 Å². The standard InChI is InChI=1S/C20H18FN3OS/c1-12-7-8-18(13(2)9-12)24-19(15-10-26-11-17(15)23-24)22-20(25)14-5-3-4-6-16(14)21/h3-9H,10-11H2,1-2H3,(H,22,25). The number of carbonyl (C=O) groups is 1. The second-order valence-corrected chi connectivity index (χ2v) is 7.39. The minimum atomic E-state index is -0.534. The maximum absolute atomic E-state index is 14.0. The predicted molar refractivity (Wildman–Crippen MR) is 102 cm³/mol. The van der Waals surface area contributed by atoms with E-state index in [9.17, 15) is 9.18 Å². The largest absolute Gasteiger partial charge is 0.306 e. The highest BCUT2D eigenvalue weighted by Gasteiger charge is 2.26. The van der Waals surface area contributed by atoms with Crippen molar-refractivity contribution in [3.8, 4) is 5.69 Å². The van der Waals surface area contributed by atoms with Gasteiger partial charge in [0.25, 0.3) is 5.91 Å². The van der Waals surface area contributed by atoms with Crippen molar-refractivity contribution in [2.75, 3.05) is 5.32 Å². The Kier molecular flexibility index (Phi) is 4.28. The highest BCUT2D eigenvalue weighted by atomic mass is 32.2. The second kappa shape index (κ2) is 6.61. The molecule has 2 aromatic carbocycles. The molecule has 2 heterocycles. The first-order valence-corrected chi connectivity index (χ1v) is 9.52.